The van der Waals surface area contributed by atoms with Crippen LogP contribution in [0, 0.1) is 0 Å². The van der Waals surface area contributed by atoms with Crippen LogP contribution in [0.4, 0.5) is 0 Å². The number of nitrogens with zero attached hydrogens (tertiary/aromatic N) is 3. The normalized spacial score (nSPS) is 18.8. The Morgan fingerprint density at radius 2 is 0.800 bits per heavy atom. The molecular weight excluding hydrogens is 198 g/mol. The fourth-order valence-corrected chi connectivity index (χ4v) is 1.42. The van der Waals surface area contributed by atoms with E-state index in [9.17, 15) is 14.4 Å². The highest BCUT2D eigenvalue weighted by Crippen LogP contribution is 1.95. The first-order valence-electron chi connectivity index (χ1n) is 4.88. The largest absolute Gasteiger partial charge is 0.342 e. The molecule has 1 aliphatic heterocycles. The molecule has 0 aromatic heterocycles. The van der Waals surface area contributed by atoms with Crippen molar-refractivity contribution < 1.29 is 18.7 Å². The van der Waals surface area contributed by atoms with Crippen molar-refractivity contribution in [3.05, 3.63) is 0 Å². The average Bonchev–Trinajstić information content (AvgIpc) is 2.38. The van der Waals surface area contributed by atoms with Crippen molar-refractivity contribution in [2.45, 2.75) is 0 Å². The molecule has 0 radical (unpaired) electrons. The predicted octanol–water partition coefficient (Wildman–Crippen LogP) is -0.887. The molecule has 15 heavy (non-hydrogen) atoms. The molecule has 1 fully saturated rings. The van der Waals surface area contributed by atoms with Gasteiger partial charge in [0.2, 0.25) is 19.2 Å². The van der Waals surface area contributed by atoms with E-state index in [1.807, 2.05) is 0 Å². The fraction of sp³-hybridized carbons (Fsp3) is 0.667. The molecule has 6 nitrogen and oxygen atoms in total. The Morgan fingerprint density at radius 1 is 0.600 bits per heavy atom. The zero-order valence-electron chi connectivity index (χ0n) is 8.54. The number of amides is 3. The lowest BCUT2D eigenvalue weighted by Crippen LogP contribution is -2.34. The standard InChI is InChI=1S/C9H15N3O3.3H2/c13-7-10-1-2-11(8-14)5-6-12(9-15)4-3-10;;;/h7-9H,1-6H2;3*1H. The average molecular weight is 219 g/mol. The second kappa shape index (κ2) is 6.00. The summed E-state index contributed by atoms with van der Waals surface area (Å²) >= 11 is 0. The van der Waals surface area contributed by atoms with Crippen LogP contribution >= 0.6 is 0 Å². The first kappa shape index (κ1) is 11.5. The van der Waals surface area contributed by atoms with Gasteiger partial charge in [-0.1, -0.05) is 0 Å². The molecule has 0 spiro atoms. The van der Waals surface area contributed by atoms with Crippen LogP contribution in [0.1, 0.15) is 4.28 Å². The minimum Gasteiger partial charge on any atom is -0.342 e. The van der Waals surface area contributed by atoms with E-state index in [0.717, 1.165) is 19.2 Å². The molecule has 0 bridgehead atoms. The van der Waals surface area contributed by atoms with Crippen LogP contribution in [0.3, 0.4) is 0 Å². The maximum Gasteiger partial charge on any atom is 0.209 e. The lowest BCUT2D eigenvalue weighted by molar-refractivity contribution is -0.121. The molecule has 0 saturated carbocycles. The van der Waals surface area contributed by atoms with Crippen molar-refractivity contribution in [2.24, 2.45) is 0 Å². The van der Waals surface area contributed by atoms with Crippen molar-refractivity contribution >= 4 is 19.2 Å². The van der Waals surface area contributed by atoms with Gasteiger partial charge in [-0.2, -0.15) is 0 Å². The number of rotatable bonds is 3. The Balaban J connectivity index is -0.000000750. The molecule has 1 heterocycles. The van der Waals surface area contributed by atoms with Gasteiger partial charge in [0.15, 0.2) is 0 Å². The van der Waals surface area contributed by atoms with Gasteiger partial charge in [0.05, 0.1) is 0 Å². The summed E-state index contributed by atoms with van der Waals surface area (Å²) in [4.78, 5) is 36.6. The van der Waals surface area contributed by atoms with Crippen LogP contribution < -0.4 is 0 Å². The Hall–Kier alpha value is -1.59. The summed E-state index contributed by atoms with van der Waals surface area (Å²) in [6.45, 7) is 3.14. The molecule has 0 aromatic carbocycles. The first-order valence-corrected chi connectivity index (χ1v) is 4.88. The number of carbonyl (C=O) groups excluding carboxylic acids is 3. The molecule has 3 amide bonds. The van der Waals surface area contributed by atoms with Gasteiger partial charge in [-0.3, -0.25) is 14.4 Å². The van der Waals surface area contributed by atoms with Crippen molar-refractivity contribution in [2.75, 3.05) is 39.3 Å². The van der Waals surface area contributed by atoms with Crippen LogP contribution in [-0.4, -0.2) is 73.2 Å². The van der Waals surface area contributed by atoms with Crippen LogP contribution in [0.25, 0.3) is 0 Å². The highest BCUT2D eigenvalue weighted by molar-refractivity contribution is 5.50. The van der Waals surface area contributed by atoms with Crippen LogP contribution in [-0.2, 0) is 14.4 Å². The van der Waals surface area contributed by atoms with E-state index in [0.29, 0.717) is 39.3 Å². The van der Waals surface area contributed by atoms with Crippen molar-refractivity contribution in [3.8, 4) is 0 Å². The smallest absolute Gasteiger partial charge is 0.209 e. The molecule has 0 N–H and O–H groups in total. The maximum atomic E-state index is 10.6. The molecule has 1 saturated heterocycles. The molecule has 6 heteroatoms. The van der Waals surface area contributed by atoms with Crippen molar-refractivity contribution in [3.63, 3.8) is 0 Å². The van der Waals surface area contributed by atoms with Gasteiger partial charge in [0, 0.05) is 43.5 Å². The maximum absolute atomic E-state index is 10.6. The number of carbonyl (C=O) groups is 3. The zero-order valence-corrected chi connectivity index (χ0v) is 8.54. The lowest BCUT2D eigenvalue weighted by atomic mass is 10.5. The summed E-state index contributed by atoms with van der Waals surface area (Å²) in [5, 5.41) is 0. The summed E-state index contributed by atoms with van der Waals surface area (Å²) in [6, 6.07) is 0. The molecule has 0 aliphatic carbocycles. The molecule has 0 unspecified atom stereocenters. The minimum absolute atomic E-state index is 0. The second-order valence-electron chi connectivity index (χ2n) is 3.42. The Bertz CT molecular complexity index is 196. The lowest BCUT2D eigenvalue weighted by Gasteiger charge is -2.19. The highest BCUT2D eigenvalue weighted by Gasteiger charge is 2.12. The van der Waals surface area contributed by atoms with Crippen LogP contribution in [0.2, 0.25) is 0 Å². The van der Waals surface area contributed by atoms with Crippen LogP contribution in [0.15, 0.2) is 0 Å². The van der Waals surface area contributed by atoms with Crippen LogP contribution in [0.5, 0.6) is 0 Å². The monoisotopic (exact) mass is 219 g/mol. The van der Waals surface area contributed by atoms with Gasteiger partial charge in [-0.15, -0.1) is 0 Å². The Labute approximate surface area is 92.9 Å². The molecule has 1 aliphatic rings. The summed E-state index contributed by atoms with van der Waals surface area (Å²) in [6.07, 6.45) is 2.24. The molecular formula is C9H21N3O3. The minimum atomic E-state index is 0. The zero-order chi connectivity index (χ0) is 11.1. The van der Waals surface area contributed by atoms with E-state index in [2.05, 4.69) is 0 Å². The van der Waals surface area contributed by atoms with E-state index in [4.69, 9.17) is 0 Å². The van der Waals surface area contributed by atoms with E-state index in [-0.39, 0.29) is 4.28 Å². The summed E-state index contributed by atoms with van der Waals surface area (Å²) in [5.74, 6) is 0. The predicted molar refractivity (Wildman–Crippen MR) is 59.3 cm³/mol. The number of hydrogen-bond donors (Lipinski definition) is 0. The molecule has 1 rings (SSSR count). The van der Waals surface area contributed by atoms with Crippen molar-refractivity contribution in [1.82, 2.24) is 14.7 Å². The quantitative estimate of drug-likeness (QED) is 0.579. The first-order chi connectivity index (χ1) is 7.30. The molecule has 0 aromatic rings. The van der Waals surface area contributed by atoms with E-state index in [1.165, 1.54) is 0 Å². The van der Waals surface area contributed by atoms with Crippen molar-refractivity contribution in [1.29, 1.82) is 0 Å². The van der Waals surface area contributed by atoms with Gasteiger partial charge in [0.1, 0.15) is 0 Å². The Morgan fingerprint density at radius 3 is 0.933 bits per heavy atom. The third-order valence-corrected chi connectivity index (χ3v) is 2.47. The van der Waals surface area contributed by atoms with E-state index < -0.39 is 0 Å². The topological polar surface area (TPSA) is 60.9 Å². The number of hydrogen-bond acceptors (Lipinski definition) is 3. The SMILES string of the molecule is O=CN1CCN(C=O)CCN(C=O)CC1.[HH].[HH].[HH]. The van der Waals surface area contributed by atoms with Gasteiger partial charge in [0.25, 0.3) is 0 Å². The second-order valence-corrected chi connectivity index (χ2v) is 3.42. The fourth-order valence-electron chi connectivity index (χ4n) is 1.42. The highest BCUT2D eigenvalue weighted by atomic mass is 16.1. The van der Waals surface area contributed by atoms with Gasteiger partial charge in [-0.25, -0.2) is 0 Å². The van der Waals surface area contributed by atoms with Gasteiger partial charge in [-0.05, 0) is 0 Å². The van der Waals surface area contributed by atoms with Gasteiger partial charge < -0.3 is 14.7 Å². The summed E-state index contributed by atoms with van der Waals surface area (Å²) in [5.41, 5.74) is 0. The van der Waals surface area contributed by atoms with E-state index >= 15 is 0 Å². The summed E-state index contributed by atoms with van der Waals surface area (Å²) in [7, 11) is 0. The summed E-state index contributed by atoms with van der Waals surface area (Å²) < 4.78 is 0. The van der Waals surface area contributed by atoms with E-state index in [1.54, 1.807) is 14.7 Å². The third-order valence-electron chi connectivity index (χ3n) is 2.47. The molecule has 0 atom stereocenters. The third kappa shape index (κ3) is 3.57. The Kier molecular flexibility index (Phi) is 4.59. The molecule has 90 valence electrons. The van der Waals surface area contributed by atoms with Gasteiger partial charge >= 0.3 is 0 Å².